The number of ether oxygens (including phenoxy) is 1. The van der Waals surface area contributed by atoms with E-state index in [1.54, 1.807) is 7.11 Å². The number of aryl methyl sites for hydroxylation is 1. The fourth-order valence-electron chi connectivity index (χ4n) is 4.11. The summed E-state index contributed by atoms with van der Waals surface area (Å²) in [7, 11) is 1.59. The molecule has 1 aliphatic heterocycles. The topological polar surface area (TPSA) is 82.6 Å². The molecule has 0 bridgehead atoms. The molecule has 8 nitrogen and oxygen atoms in total. The lowest BCUT2D eigenvalue weighted by Gasteiger charge is -2.33. The molecule has 0 radical (unpaired) electrons. The SMILES string of the molecule is CCc1cccc(Nc2ncnc3cc(OC)c(NC(=O)CN4CCN(CC)CC4)cc23)c1. The van der Waals surface area contributed by atoms with Gasteiger partial charge in [-0.2, -0.15) is 0 Å². The Balaban J connectivity index is 1.55. The molecule has 2 aromatic carbocycles. The van der Waals surface area contributed by atoms with Gasteiger partial charge in [-0.05, 0) is 36.7 Å². The standard InChI is InChI=1S/C25H32N6O2/c1-4-18-7-6-8-19(13-18)28-25-20-14-22(23(33-3)15-21(20)26-17-27-25)29-24(32)16-31-11-9-30(5-2)10-12-31/h6-8,13-15,17H,4-5,9-12,16H2,1-3H3,(H,29,32)(H,26,27,28). The summed E-state index contributed by atoms with van der Waals surface area (Å²) in [6.07, 6.45) is 2.49. The molecule has 3 aromatic rings. The van der Waals surface area contributed by atoms with E-state index in [4.69, 9.17) is 4.74 Å². The van der Waals surface area contributed by atoms with Gasteiger partial charge in [-0.15, -0.1) is 0 Å². The highest BCUT2D eigenvalue weighted by Gasteiger charge is 2.19. The van der Waals surface area contributed by atoms with Crippen LogP contribution < -0.4 is 15.4 Å². The lowest BCUT2D eigenvalue weighted by atomic mass is 10.1. The number of carbonyl (C=O) groups excluding carboxylic acids is 1. The predicted octanol–water partition coefficient (Wildman–Crippen LogP) is 3.52. The summed E-state index contributed by atoms with van der Waals surface area (Å²) >= 11 is 0. The van der Waals surface area contributed by atoms with Gasteiger partial charge in [-0.25, -0.2) is 9.97 Å². The summed E-state index contributed by atoms with van der Waals surface area (Å²) in [5.41, 5.74) is 3.56. The van der Waals surface area contributed by atoms with Crippen LogP contribution in [0.2, 0.25) is 0 Å². The lowest BCUT2D eigenvalue weighted by molar-refractivity contribution is -0.117. The number of hydrogen-bond donors (Lipinski definition) is 2. The number of piperazine rings is 1. The highest BCUT2D eigenvalue weighted by Crippen LogP contribution is 2.33. The first-order chi connectivity index (χ1) is 16.1. The lowest BCUT2D eigenvalue weighted by Crippen LogP contribution is -2.48. The van der Waals surface area contributed by atoms with Crippen LogP contribution in [0, 0.1) is 0 Å². The molecule has 1 aliphatic rings. The van der Waals surface area contributed by atoms with Crippen LogP contribution in [0.1, 0.15) is 19.4 Å². The number of nitrogens with zero attached hydrogens (tertiary/aromatic N) is 4. The minimum Gasteiger partial charge on any atom is -0.494 e. The highest BCUT2D eigenvalue weighted by molar-refractivity contribution is 6.00. The van der Waals surface area contributed by atoms with Crippen LogP contribution >= 0.6 is 0 Å². The number of amides is 1. The Labute approximate surface area is 195 Å². The summed E-state index contributed by atoms with van der Waals surface area (Å²) in [6, 6.07) is 12.0. The van der Waals surface area contributed by atoms with Crippen molar-refractivity contribution in [2.75, 3.05) is 57.0 Å². The van der Waals surface area contributed by atoms with Crippen molar-refractivity contribution in [2.45, 2.75) is 20.3 Å². The first kappa shape index (κ1) is 22.9. The van der Waals surface area contributed by atoms with Crippen molar-refractivity contribution in [3.63, 3.8) is 0 Å². The van der Waals surface area contributed by atoms with E-state index in [1.807, 2.05) is 24.3 Å². The molecule has 1 fully saturated rings. The minimum absolute atomic E-state index is 0.0559. The Morgan fingerprint density at radius 1 is 1.06 bits per heavy atom. The Morgan fingerprint density at radius 3 is 2.58 bits per heavy atom. The van der Waals surface area contributed by atoms with Crippen molar-refractivity contribution in [3.05, 3.63) is 48.3 Å². The number of hydrogen-bond acceptors (Lipinski definition) is 7. The van der Waals surface area contributed by atoms with Gasteiger partial charge in [0.1, 0.15) is 17.9 Å². The molecule has 1 aromatic heterocycles. The molecule has 1 amide bonds. The Kier molecular flexibility index (Phi) is 7.36. The average Bonchev–Trinajstić information content (AvgIpc) is 2.84. The quantitative estimate of drug-likeness (QED) is 0.546. The monoisotopic (exact) mass is 448 g/mol. The first-order valence-corrected chi connectivity index (χ1v) is 11.5. The van der Waals surface area contributed by atoms with Crippen molar-refractivity contribution in [3.8, 4) is 5.75 Å². The maximum absolute atomic E-state index is 12.8. The number of carbonyl (C=O) groups is 1. The number of methoxy groups -OCH3 is 1. The van der Waals surface area contributed by atoms with Crippen LogP contribution in [0.25, 0.3) is 10.9 Å². The van der Waals surface area contributed by atoms with Gasteiger partial charge >= 0.3 is 0 Å². The molecular formula is C25H32N6O2. The summed E-state index contributed by atoms with van der Waals surface area (Å²) in [5.74, 6) is 1.20. The van der Waals surface area contributed by atoms with E-state index in [2.05, 4.69) is 56.4 Å². The second kappa shape index (κ2) is 10.6. The third-order valence-corrected chi connectivity index (χ3v) is 6.11. The van der Waals surface area contributed by atoms with Crippen molar-refractivity contribution >= 4 is 34.0 Å². The molecule has 0 spiro atoms. The normalized spacial score (nSPS) is 14.9. The summed E-state index contributed by atoms with van der Waals surface area (Å²) in [6.45, 7) is 9.49. The van der Waals surface area contributed by atoms with Gasteiger partial charge in [0.25, 0.3) is 0 Å². The Hall–Kier alpha value is -3.23. The first-order valence-electron chi connectivity index (χ1n) is 11.5. The Morgan fingerprint density at radius 2 is 1.85 bits per heavy atom. The third-order valence-electron chi connectivity index (χ3n) is 6.11. The molecule has 8 heteroatoms. The molecule has 4 rings (SSSR count). The van der Waals surface area contributed by atoms with Crippen molar-refractivity contribution in [2.24, 2.45) is 0 Å². The van der Waals surface area contributed by atoms with E-state index in [9.17, 15) is 4.79 Å². The number of aromatic nitrogens is 2. The largest absolute Gasteiger partial charge is 0.494 e. The van der Waals surface area contributed by atoms with Crippen LogP contribution in [0.5, 0.6) is 5.75 Å². The number of benzene rings is 2. The number of likely N-dealkylation sites (N-methyl/N-ethyl adjacent to an activating group) is 1. The third kappa shape index (κ3) is 5.58. The smallest absolute Gasteiger partial charge is 0.238 e. The van der Waals surface area contributed by atoms with Gasteiger partial charge in [0.2, 0.25) is 5.91 Å². The van der Waals surface area contributed by atoms with Gasteiger partial charge < -0.3 is 20.3 Å². The number of fused-ring (bicyclic) bond motifs is 1. The zero-order chi connectivity index (χ0) is 23.2. The Bertz CT molecular complexity index is 1110. The van der Waals surface area contributed by atoms with E-state index in [1.165, 1.54) is 11.9 Å². The highest BCUT2D eigenvalue weighted by atomic mass is 16.5. The fraction of sp³-hybridized carbons (Fsp3) is 0.400. The zero-order valence-electron chi connectivity index (χ0n) is 19.6. The fourth-order valence-corrected chi connectivity index (χ4v) is 4.11. The van der Waals surface area contributed by atoms with Crippen molar-refractivity contribution < 1.29 is 9.53 Å². The zero-order valence-corrected chi connectivity index (χ0v) is 19.6. The number of rotatable bonds is 8. The summed E-state index contributed by atoms with van der Waals surface area (Å²) < 4.78 is 5.55. The van der Waals surface area contributed by atoms with E-state index < -0.39 is 0 Å². The summed E-state index contributed by atoms with van der Waals surface area (Å²) in [4.78, 5) is 26.2. The van der Waals surface area contributed by atoms with Gasteiger partial charge in [0.05, 0.1) is 24.9 Å². The van der Waals surface area contributed by atoms with Crippen LogP contribution in [0.4, 0.5) is 17.2 Å². The van der Waals surface area contributed by atoms with Gasteiger partial charge in [-0.1, -0.05) is 26.0 Å². The molecule has 174 valence electrons. The molecule has 2 N–H and O–H groups in total. The van der Waals surface area contributed by atoms with Gasteiger partial charge in [0.15, 0.2) is 0 Å². The van der Waals surface area contributed by atoms with Gasteiger partial charge in [0, 0.05) is 43.3 Å². The van der Waals surface area contributed by atoms with Crippen molar-refractivity contribution in [1.82, 2.24) is 19.8 Å². The van der Waals surface area contributed by atoms with Gasteiger partial charge in [-0.3, -0.25) is 9.69 Å². The number of anilines is 3. The summed E-state index contributed by atoms with van der Waals surface area (Å²) in [5, 5.41) is 7.24. The molecule has 0 aliphatic carbocycles. The van der Waals surface area contributed by atoms with E-state index in [0.29, 0.717) is 23.8 Å². The molecule has 33 heavy (non-hydrogen) atoms. The average molecular weight is 449 g/mol. The predicted molar refractivity (Wildman–Crippen MR) is 132 cm³/mol. The minimum atomic E-state index is -0.0559. The maximum Gasteiger partial charge on any atom is 0.238 e. The van der Waals surface area contributed by atoms with Crippen LogP contribution in [0.3, 0.4) is 0 Å². The molecule has 0 atom stereocenters. The van der Waals surface area contributed by atoms with Crippen molar-refractivity contribution in [1.29, 1.82) is 0 Å². The molecule has 0 unspecified atom stereocenters. The van der Waals surface area contributed by atoms with E-state index >= 15 is 0 Å². The van der Waals surface area contributed by atoms with Crippen LogP contribution in [0.15, 0.2) is 42.7 Å². The molecular weight excluding hydrogens is 416 g/mol. The molecule has 1 saturated heterocycles. The van der Waals surface area contributed by atoms with Crippen LogP contribution in [-0.4, -0.2) is 72.1 Å². The molecule has 2 heterocycles. The maximum atomic E-state index is 12.8. The second-order valence-electron chi connectivity index (χ2n) is 8.23. The molecule has 0 saturated carbocycles. The van der Waals surface area contributed by atoms with Crippen LogP contribution in [-0.2, 0) is 11.2 Å². The van der Waals surface area contributed by atoms with E-state index in [-0.39, 0.29) is 5.91 Å². The number of nitrogens with one attached hydrogen (secondary N) is 2. The second-order valence-corrected chi connectivity index (χ2v) is 8.23. The van der Waals surface area contributed by atoms with E-state index in [0.717, 1.165) is 55.7 Å².